The number of amides is 1. The van der Waals surface area contributed by atoms with Crippen LogP contribution in [0.2, 0.25) is 0 Å². The molecular weight excluding hydrogens is 222 g/mol. The second kappa shape index (κ2) is 5.37. The van der Waals surface area contributed by atoms with Gasteiger partial charge in [-0.2, -0.15) is 0 Å². The minimum absolute atomic E-state index is 0.0116. The summed E-state index contributed by atoms with van der Waals surface area (Å²) in [4.78, 5) is 12.0. The van der Waals surface area contributed by atoms with Crippen LogP contribution >= 0.6 is 11.8 Å². The van der Waals surface area contributed by atoms with Gasteiger partial charge in [-0.3, -0.25) is 4.79 Å². The van der Waals surface area contributed by atoms with Gasteiger partial charge in [-0.1, -0.05) is 18.2 Å². The average molecular weight is 237 g/mol. The molecule has 2 atom stereocenters. The van der Waals surface area contributed by atoms with Gasteiger partial charge in [0, 0.05) is 11.4 Å². The molecule has 1 heterocycles. The lowest BCUT2D eigenvalue weighted by atomic mass is 10.2. The molecule has 0 aliphatic carbocycles. The normalized spacial score (nSPS) is 25.1. The van der Waals surface area contributed by atoms with Crippen LogP contribution in [-0.2, 0) is 9.53 Å². The lowest BCUT2D eigenvalue weighted by Gasteiger charge is -2.27. The van der Waals surface area contributed by atoms with Crippen LogP contribution in [0.5, 0.6) is 0 Å². The van der Waals surface area contributed by atoms with E-state index in [0.29, 0.717) is 0 Å². The van der Waals surface area contributed by atoms with Crippen molar-refractivity contribution in [3.63, 3.8) is 0 Å². The van der Waals surface area contributed by atoms with E-state index >= 15 is 0 Å². The molecule has 0 aromatic heterocycles. The second-order valence-corrected chi connectivity index (χ2v) is 4.97. The molecule has 0 spiro atoms. The van der Waals surface area contributed by atoms with Gasteiger partial charge in [-0.15, -0.1) is 11.8 Å². The van der Waals surface area contributed by atoms with E-state index in [1.54, 1.807) is 11.8 Å². The third-order valence-electron chi connectivity index (χ3n) is 2.49. The van der Waals surface area contributed by atoms with Crippen LogP contribution in [0.4, 0.5) is 5.69 Å². The van der Waals surface area contributed by atoms with Crippen LogP contribution in [0.1, 0.15) is 6.92 Å². The third-order valence-corrected chi connectivity index (χ3v) is 3.85. The van der Waals surface area contributed by atoms with Gasteiger partial charge in [0.15, 0.2) is 0 Å². The summed E-state index contributed by atoms with van der Waals surface area (Å²) in [5, 5.41) is 2.80. The predicted molar refractivity (Wildman–Crippen MR) is 66.7 cm³/mol. The first-order valence-corrected chi connectivity index (χ1v) is 6.41. The molecule has 0 radical (unpaired) electrons. The van der Waals surface area contributed by atoms with Crippen molar-refractivity contribution in [2.45, 2.75) is 18.3 Å². The van der Waals surface area contributed by atoms with Crippen LogP contribution in [-0.4, -0.2) is 29.6 Å². The van der Waals surface area contributed by atoms with Gasteiger partial charge in [-0.25, -0.2) is 0 Å². The first-order valence-electron chi connectivity index (χ1n) is 5.36. The van der Waals surface area contributed by atoms with Crippen molar-refractivity contribution in [1.82, 2.24) is 0 Å². The Morgan fingerprint density at radius 2 is 2.19 bits per heavy atom. The van der Waals surface area contributed by atoms with Gasteiger partial charge in [0.05, 0.1) is 12.7 Å². The zero-order valence-corrected chi connectivity index (χ0v) is 10.00. The van der Waals surface area contributed by atoms with Crippen molar-refractivity contribution in [2.24, 2.45) is 0 Å². The number of para-hydroxylation sites is 1. The summed E-state index contributed by atoms with van der Waals surface area (Å²) >= 11 is 1.66. The summed E-state index contributed by atoms with van der Waals surface area (Å²) in [5.74, 6) is 0.917. The maximum absolute atomic E-state index is 12.0. The summed E-state index contributed by atoms with van der Waals surface area (Å²) in [6.45, 7) is 2.68. The van der Waals surface area contributed by atoms with Crippen LogP contribution in [0.15, 0.2) is 30.3 Å². The Hall–Kier alpha value is -1.00. The smallest absolute Gasteiger partial charge is 0.240 e. The van der Waals surface area contributed by atoms with Crippen molar-refractivity contribution >= 4 is 23.4 Å². The Kier molecular flexibility index (Phi) is 3.85. The van der Waals surface area contributed by atoms with Crippen molar-refractivity contribution in [3.8, 4) is 0 Å². The number of rotatable bonds is 2. The van der Waals surface area contributed by atoms with Crippen molar-refractivity contribution in [2.75, 3.05) is 17.7 Å². The molecule has 1 N–H and O–H groups in total. The molecule has 2 rings (SSSR count). The highest BCUT2D eigenvalue weighted by atomic mass is 32.2. The van der Waals surface area contributed by atoms with Gasteiger partial charge in [-0.05, 0) is 19.1 Å². The lowest BCUT2D eigenvalue weighted by molar-refractivity contribution is -0.118. The fourth-order valence-electron chi connectivity index (χ4n) is 1.66. The van der Waals surface area contributed by atoms with E-state index in [1.807, 2.05) is 37.3 Å². The van der Waals surface area contributed by atoms with Crippen LogP contribution in [0.25, 0.3) is 0 Å². The van der Waals surface area contributed by atoms with E-state index < -0.39 is 0 Å². The first kappa shape index (κ1) is 11.5. The monoisotopic (exact) mass is 237 g/mol. The molecule has 1 saturated heterocycles. The van der Waals surface area contributed by atoms with Gasteiger partial charge >= 0.3 is 0 Å². The van der Waals surface area contributed by atoms with E-state index in [1.165, 1.54) is 0 Å². The summed E-state index contributed by atoms with van der Waals surface area (Å²) in [5.41, 5.74) is 0.839. The molecular formula is C12H15NO2S. The number of benzene rings is 1. The standard InChI is InChI=1S/C12H15NO2S/c1-9-11(16-8-7-15-9)12(14)13-10-5-3-2-4-6-10/h2-6,9,11H,7-8H2,1H3,(H,13,14)/t9-,11+/m1/s1. The van der Waals surface area contributed by atoms with E-state index in [9.17, 15) is 4.79 Å². The number of nitrogens with one attached hydrogen (secondary N) is 1. The fourth-order valence-corrected chi connectivity index (χ4v) is 2.66. The maximum atomic E-state index is 12.0. The number of ether oxygens (including phenoxy) is 1. The highest BCUT2D eigenvalue weighted by molar-refractivity contribution is 8.00. The van der Waals surface area contributed by atoms with Gasteiger partial charge < -0.3 is 10.1 Å². The molecule has 0 saturated carbocycles. The molecule has 1 amide bonds. The largest absolute Gasteiger partial charge is 0.376 e. The number of carbonyl (C=O) groups excluding carboxylic acids is 1. The second-order valence-electron chi connectivity index (χ2n) is 3.72. The van der Waals surface area contributed by atoms with E-state index in [0.717, 1.165) is 18.0 Å². The van der Waals surface area contributed by atoms with Crippen LogP contribution in [0.3, 0.4) is 0 Å². The summed E-state index contributed by atoms with van der Waals surface area (Å²) < 4.78 is 5.47. The van der Waals surface area contributed by atoms with Crippen molar-refractivity contribution in [3.05, 3.63) is 30.3 Å². The number of hydrogen-bond acceptors (Lipinski definition) is 3. The molecule has 16 heavy (non-hydrogen) atoms. The fraction of sp³-hybridized carbons (Fsp3) is 0.417. The lowest BCUT2D eigenvalue weighted by Crippen LogP contribution is -2.39. The van der Waals surface area contributed by atoms with Gasteiger partial charge in [0.1, 0.15) is 5.25 Å². The molecule has 1 aliphatic rings. The SMILES string of the molecule is C[C@H]1OCCS[C@@H]1C(=O)Nc1ccccc1. The maximum Gasteiger partial charge on any atom is 0.240 e. The highest BCUT2D eigenvalue weighted by Gasteiger charge is 2.29. The van der Waals surface area contributed by atoms with Gasteiger partial charge in [0.2, 0.25) is 5.91 Å². The number of anilines is 1. The number of hydrogen-bond donors (Lipinski definition) is 1. The molecule has 0 unspecified atom stereocenters. The number of carbonyl (C=O) groups is 1. The summed E-state index contributed by atoms with van der Waals surface area (Å²) in [6.07, 6.45) is -0.0116. The van der Waals surface area contributed by atoms with Crippen LogP contribution < -0.4 is 5.32 Å². The quantitative estimate of drug-likeness (QED) is 0.856. The van der Waals surface area contributed by atoms with E-state index in [4.69, 9.17) is 4.74 Å². The first-order chi connectivity index (χ1) is 7.77. The average Bonchev–Trinajstić information content (AvgIpc) is 2.31. The summed E-state index contributed by atoms with van der Waals surface area (Å²) in [7, 11) is 0. The molecule has 1 aromatic carbocycles. The molecule has 3 nitrogen and oxygen atoms in total. The van der Waals surface area contributed by atoms with Crippen molar-refractivity contribution in [1.29, 1.82) is 0 Å². The Morgan fingerprint density at radius 1 is 1.44 bits per heavy atom. The third kappa shape index (κ3) is 2.77. The molecule has 1 aromatic rings. The Morgan fingerprint density at radius 3 is 2.88 bits per heavy atom. The van der Waals surface area contributed by atoms with Crippen LogP contribution in [0, 0.1) is 0 Å². The predicted octanol–water partition coefficient (Wildman–Crippen LogP) is 2.15. The Bertz CT molecular complexity index is 355. The number of thioether (sulfide) groups is 1. The topological polar surface area (TPSA) is 38.3 Å². The van der Waals surface area contributed by atoms with E-state index in [2.05, 4.69) is 5.32 Å². The Labute approximate surface area is 99.6 Å². The molecule has 86 valence electrons. The van der Waals surface area contributed by atoms with Gasteiger partial charge in [0.25, 0.3) is 0 Å². The summed E-state index contributed by atoms with van der Waals surface area (Å²) in [6, 6.07) is 9.51. The Balaban J connectivity index is 1.97. The zero-order chi connectivity index (χ0) is 11.4. The molecule has 1 fully saturated rings. The zero-order valence-electron chi connectivity index (χ0n) is 9.18. The highest BCUT2D eigenvalue weighted by Crippen LogP contribution is 2.23. The molecule has 1 aliphatic heterocycles. The van der Waals surface area contributed by atoms with E-state index in [-0.39, 0.29) is 17.3 Å². The minimum Gasteiger partial charge on any atom is -0.376 e. The minimum atomic E-state index is -0.103. The molecule has 4 heteroatoms. The molecule has 0 bridgehead atoms. The van der Waals surface area contributed by atoms with Crippen molar-refractivity contribution < 1.29 is 9.53 Å².